The minimum absolute atomic E-state index is 0.826. The first kappa shape index (κ1) is 10.8. The van der Waals surface area contributed by atoms with Gasteiger partial charge in [0, 0.05) is 6.04 Å². The van der Waals surface area contributed by atoms with Crippen LogP contribution in [0.3, 0.4) is 0 Å². The van der Waals surface area contributed by atoms with Crippen LogP contribution >= 0.6 is 0 Å². The summed E-state index contributed by atoms with van der Waals surface area (Å²) in [5, 5.41) is 3.76. The first-order chi connectivity index (χ1) is 7.93. The number of hydrogen-bond acceptors (Lipinski definition) is 1. The number of allylic oxidation sites excluding steroid dienone is 1. The zero-order chi connectivity index (χ0) is 10.8. The topological polar surface area (TPSA) is 12.0 Å². The van der Waals surface area contributed by atoms with Crippen molar-refractivity contribution >= 4 is 0 Å². The van der Waals surface area contributed by atoms with Crippen LogP contribution in [-0.2, 0) is 0 Å². The van der Waals surface area contributed by atoms with Crippen LogP contribution in [0.4, 0.5) is 0 Å². The minimum Gasteiger partial charge on any atom is -0.313 e. The summed E-state index contributed by atoms with van der Waals surface area (Å²) in [6.07, 6.45) is 16.5. The summed E-state index contributed by atoms with van der Waals surface area (Å²) < 4.78 is 0. The molecule has 0 spiro atoms. The third-order valence-corrected chi connectivity index (χ3v) is 5.03. The largest absolute Gasteiger partial charge is 0.313 e. The van der Waals surface area contributed by atoms with Crippen LogP contribution in [-0.4, -0.2) is 12.6 Å². The van der Waals surface area contributed by atoms with Crippen molar-refractivity contribution in [1.82, 2.24) is 5.32 Å². The highest BCUT2D eigenvalue weighted by molar-refractivity contribution is 5.12. The second kappa shape index (κ2) is 4.91. The molecule has 0 aromatic heterocycles. The summed E-state index contributed by atoms with van der Waals surface area (Å²) in [5.41, 5.74) is 0. The highest BCUT2D eigenvalue weighted by Gasteiger charge is 2.40. The Morgan fingerprint density at radius 1 is 1.19 bits per heavy atom. The predicted molar refractivity (Wildman–Crippen MR) is 68.3 cm³/mol. The molecule has 0 aliphatic heterocycles. The molecule has 0 bridgehead atoms. The monoisotopic (exact) mass is 219 g/mol. The molecule has 1 N–H and O–H groups in total. The molecule has 0 amide bonds. The zero-order valence-corrected chi connectivity index (χ0v) is 10.3. The molecule has 0 heterocycles. The lowest BCUT2D eigenvalue weighted by Crippen LogP contribution is -2.48. The van der Waals surface area contributed by atoms with E-state index in [0.717, 1.165) is 23.8 Å². The average molecular weight is 219 g/mol. The molecule has 2 saturated carbocycles. The van der Waals surface area contributed by atoms with Crippen molar-refractivity contribution in [2.45, 2.75) is 57.4 Å². The molecule has 3 aliphatic rings. The van der Waals surface area contributed by atoms with Crippen LogP contribution in [0.15, 0.2) is 12.2 Å². The highest BCUT2D eigenvalue weighted by Crippen LogP contribution is 2.42. The molecular weight excluding hydrogens is 194 g/mol. The maximum Gasteiger partial charge on any atom is 0.0136 e. The van der Waals surface area contributed by atoms with Gasteiger partial charge in [-0.3, -0.25) is 0 Å². The van der Waals surface area contributed by atoms with Crippen molar-refractivity contribution in [2.24, 2.45) is 17.8 Å². The van der Waals surface area contributed by atoms with E-state index in [2.05, 4.69) is 17.5 Å². The first-order valence-electron chi connectivity index (χ1n) is 7.33. The van der Waals surface area contributed by atoms with E-state index in [-0.39, 0.29) is 0 Å². The summed E-state index contributed by atoms with van der Waals surface area (Å²) >= 11 is 0. The Morgan fingerprint density at radius 2 is 2.06 bits per heavy atom. The van der Waals surface area contributed by atoms with E-state index < -0.39 is 0 Å². The van der Waals surface area contributed by atoms with E-state index in [1.54, 1.807) is 0 Å². The van der Waals surface area contributed by atoms with Gasteiger partial charge in [-0.1, -0.05) is 37.8 Å². The van der Waals surface area contributed by atoms with Crippen LogP contribution in [0.5, 0.6) is 0 Å². The maximum atomic E-state index is 3.76. The van der Waals surface area contributed by atoms with Gasteiger partial charge >= 0.3 is 0 Å². The molecule has 0 radical (unpaired) electrons. The maximum absolute atomic E-state index is 3.76. The van der Waals surface area contributed by atoms with E-state index >= 15 is 0 Å². The molecule has 1 heteroatoms. The fourth-order valence-corrected chi connectivity index (χ4v) is 3.92. The Hall–Kier alpha value is -0.300. The van der Waals surface area contributed by atoms with Gasteiger partial charge in [0.2, 0.25) is 0 Å². The fraction of sp³-hybridized carbons (Fsp3) is 0.867. The predicted octanol–water partition coefficient (Wildman–Crippen LogP) is 3.51. The molecule has 0 aromatic carbocycles. The Balaban J connectivity index is 1.28. The fourth-order valence-electron chi connectivity index (χ4n) is 3.92. The van der Waals surface area contributed by atoms with Crippen LogP contribution in [0.2, 0.25) is 0 Å². The molecule has 3 aliphatic carbocycles. The summed E-state index contributed by atoms with van der Waals surface area (Å²) in [4.78, 5) is 0. The SMILES string of the molecule is C1=CC2C(C1)CC2NCCCC1CCCC1. The zero-order valence-electron chi connectivity index (χ0n) is 10.3. The van der Waals surface area contributed by atoms with Gasteiger partial charge in [-0.2, -0.15) is 0 Å². The molecular formula is C15H25N. The lowest BCUT2D eigenvalue weighted by atomic mass is 9.71. The van der Waals surface area contributed by atoms with Crippen molar-refractivity contribution in [3.05, 3.63) is 12.2 Å². The Morgan fingerprint density at radius 3 is 2.88 bits per heavy atom. The van der Waals surface area contributed by atoms with E-state index in [1.165, 1.54) is 57.9 Å². The van der Waals surface area contributed by atoms with Gasteiger partial charge < -0.3 is 5.32 Å². The highest BCUT2D eigenvalue weighted by atomic mass is 14.9. The van der Waals surface area contributed by atoms with Crippen LogP contribution in [0.25, 0.3) is 0 Å². The summed E-state index contributed by atoms with van der Waals surface area (Å²) in [5.74, 6) is 2.97. The second-order valence-corrected chi connectivity index (χ2v) is 6.09. The minimum atomic E-state index is 0.826. The van der Waals surface area contributed by atoms with Gasteiger partial charge in [0.15, 0.2) is 0 Å². The van der Waals surface area contributed by atoms with E-state index in [0.29, 0.717) is 0 Å². The number of nitrogens with one attached hydrogen (secondary N) is 1. The van der Waals surface area contributed by atoms with Crippen LogP contribution < -0.4 is 5.32 Å². The summed E-state index contributed by atoms with van der Waals surface area (Å²) in [6.45, 7) is 1.26. The molecule has 3 atom stereocenters. The third-order valence-electron chi connectivity index (χ3n) is 5.03. The van der Waals surface area contributed by atoms with Crippen molar-refractivity contribution in [3.63, 3.8) is 0 Å². The quantitative estimate of drug-likeness (QED) is 0.551. The van der Waals surface area contributed by atoms with E-state index in [4.69, 9.17) is 0 Å². The van der Waals surface area contributed by atoms with Gasteiger partial charge in [0.1, 0.15) is 0 Å². The Kier molecular flexibility index (Phi) is 3.32. The number of hydrogen-bond donors (Lipinski definition) is 1. The molecule has 16 heavy (non-hydrogen) atoms. The standard InChI is InChI=1S/C15H25N/c1-2-6-12(5-1)7-4-10-16-15-11-13-8-3-9-14(13)15/h3,9,12-16H,1-2,4-8,10-11H2. The molecule has 2 fully saturated rings. The average Bonchev–Trinajstić information content (AvgIpc) is 2.88. The van der Waals surface area contributed by atoms with Gasteiger partial charge in [-0.05, 0) is 50.0 Å². The first-order valence-corrected chi connectivity index (χ1v) is 7.33. The molecule has 0 aromatic rings. The van der Waals surface area contributed by atoms with Crippen molar-refractivity contribution in [2.75, 3.05) is 6.54 Å². The third kappa shape index (κ3) is 2.20. The summed E-state index contributed by atoms with van der Waals surface area (Å²) in [7, 11) is 0. The number of fused-ring (bicyclic) bond motifs is 1. The van der Waals surface area contributed by atoms with Crippen LogP contribution in [0, 0.1) is 17.8 Å². The summed E-state index contributed by atoms with van der Waals surface area (Å²) in [6, 6.07) is 0.826. The second-order valence-electron chi connectivity index (χ2n) is 6.09. The molecule has 0 saturated heterocycles. The molecule has 90 valence electrons. The van der Waals surface area contributed by atoms with Gasteiger partial charge in [0.25, 0.3) is 0 Å². The molecule has 3 unspecified atom stereocenters. The Labute approximate surface area is 99.7 Å². The lowest BCUT2D eigenvalue weighted by molar-refractivity contribution is 0.162. The van der Waals surface area contributed by atoms with E-state index in [9.17, 15) is 0 Å². The van der Waals surface area contributed by atoms with Gasteiger partial charge in [0.05, 0.1) is 0 Å². The van der Waals surface area contributed by atoms with Gasteiger partial charge in [-0.15, -0.1) is 0 Å². The normalized spacial score (nSPS) is 37.6. The van der Waals surface area contributed by atoms with Crippen molar-refractivity contribution < 1.29 is 0 Å². The Bertz CT molecular complexity index is 252. The van der Waals surface area contributed by atoms with Crippen LogP contribution in [0.1, 0.15) is 51.4 Å². The smallest absolute Gasteiger partial charge is 0.0136 e. The number of rotatable bonds is 5. The molecule has 1 nitrogen and oxygen atoms in total. The molecule has 3 rings (SSSR count). The van der Waals surface area contributed by atoms with E-state index in [1.807, 2.05) is 0 Å². The van der Waals surface area contributed by atoms with Crippen molar-refractivity contribution in [1.29, 1.82) is 0 Å². The lowest BCUT2D eigenvalue weighted by Gasteiger charge is -2.40. The van der Waals surface area contributed by atoms with Gasteiger partial charge in [-0.25, -0.2) is 0 Å². The van der Waals surface area contributed by atoms with Crippen molar-refractivity contribution in [3.8, 4) is 0 Å².